The van der Waals surface area contributed by atoms with Crippen LogP contribution in [0, 0.1) is 15.9 Å². The largest absolute Gasteiger partial charge is 0.430 e. The maximum Gasteiger partial charge on any atom is 0.331 e. The minimum atomic E-state index is -0.682. The molecule has 98 valence electrons. The van der Waals surface area contributed by atoms with E-state index in [4.69, 9.17) is 10.5 Å². The number of hydrogen-bond acceptors (Lipinski definition) is 5. The van der Waals surface area contributed by atoms with Crippen LogP contribution in [0.2, 0.25) is 0 Å². The van der Waals surface area contributed by atoms with Crippen LogP contribution in [0.3, 0.4) is 0 Å². The number of benzene rings is 1. The highest BCUT2D eigenvalue weighted by Gasteiger charge is 2.19. The molecule has 2 aromatic rings. The third-order valence-corrected chi connectivity index (χ3v) is 2.65. The van der Waals surface area contributed by atoms with E-state index in [2.05, 4.69) is 20.9 Å². The molecule has 2 N–H and O–H groups in total. The monoisotopic (exact) mass is 327 g/mol. The number of pyridine rings is 1. The van der Waals surface area contributed by atoms with Crippen LogP contribution in [0.25, 0.3) is 0 Å². The van der Waals surface area contributed by atoms with Gasteiger partial charge in [-0.15, -0.1) is 0 Å². The first-order chi connectivity index (χ1) is 8.97. The first kappa shape index (κ1) is 13.2. The number of halogens is 2. The lowest BCUT2D eigenvalue weighted by molar-refractivity contribution is -0.386. The van der Waals surface area contributed by atoms with E-state index in [0.717, 1.165) is 6.07 Å². The molecule has 8 heteroatoms. The summed E-state index contributed by atoms with van der Waals surface area (Å²) in [5.74, 6) is -1.17. The maximum absolute atomic E-state index is 13.6. The van der Waals surface area contributed by atoms with Crippen LogP contribution in [-0.2, 0) is 0 Å². The van der Waals surface area contributed by atoms with Crippen LogP contribution < -0.4 is 10.5 Å². The molecule has 0 unspecified atom stereocenters. The zero-order chi connectivity index (χ0) is 14.0. The SMILES string of the molecule is Nc1ccc([N+](=O)[O-])c(Oc2ccc(Br)cc2F)n1. The van der Waals surface area contributed by atoms with Gasteiger partial charge in [-0.3, -0.25) is 10.1 Å². The molecular weight excluding hydrogens is 321 g/mol. The Kier molecular flexibility index (Phi) is 3.61. The molecule has 0 bridgehead atoms. The molecule has 0 atom stereocenters. The van der Waals surface area contributed by atoms with Gasteiger partial charge < -0.3 is 10.5 Å². The third kappa shape index (κ3) is 2.97. The standard InChI is InChI=1S/C11H7BrFN3O3/c12-6-1-3-9(7(13)5-6)19-11-8(16(17)18)2-4-10(14)15-11/h1-5H,(H2,14,15). The van der Waals surface area contributed by atoms with Crippen molar-refractivity contribution < 1.29 is 14.1 Å². The summed E-state index contributed by atoms with van der Waals surface area (Å²) in [6.07, 6.45) is 0. The predicted molar refractivity (Wildman–Crippen MR) is 69.5 cm³/mol. The molecule has 0 saturated heterocycles. The number of rotatable bonds is 3. The van der Waals surface area contributed by atoms with Crippen LogP contribution in [0.5, 0.6) is 11.6 Å². The lowest BCUT2D eigenvalue weighted by Crippen LogP contribution is -1.99. The highest BCUT2D eigenvalue weighted by Crippen LogP contribution is 2.32. The molecule has 1 heterocycles. The van der Waals surface area contributed by atoms with Gasteiger partial charge in [0.1, 0.15) is 5.82 Å². The van der Waals surface area contributed by atoms with Gasteiger partial charge in [0.2, 0.25) is 0 Å². The summed E-state index contributed by atoms with van der Waals surface area (Å²) in [4.78, 5) is 13.8. The molecule has 0 saturated carbocycles. The molecule has 0 aliphatic rings. The van der Waals surface area contributed by atoms with E-state index >= 15 is 0 Å². The van der Waals surface area contributed by atoms with Crippen molar-refractivity contribution in [2.45, 2.75) is 0 Å². The molecule has 0 spiro atoms. The Morgan fingerprint density at radius 1 is 1.37 bits per heavy atom. The molecule has 19 heavy (non-hydrogen) atoms. The smallest absolute Gasteiger partial charge is 0.331 e. The highest BCUT2D eigenvalue weighted by atomic mass is 79.9. The van der Waals surface area contributed by atoms with Gasteiger partial charge in [-0.05, 0) is 24.3 Å². The van der Waals surface area contributed by atoms with Gasteiger partial charge in [-0.2, -0.15) is 4.98 Å². The van der Waals surface area contributed by atoms with Crippen molar-refractivity contribution in [3.05, 3.63) is 50.7 Å². The summed E-state index contributed by atoms with van der Waals surface area (Å²) in [5.41, 5.74) is 5.04. The number of hydrogen-bond donors (Lipinski definition) is 1. The molecule has 2 rings (SSSR count). The second kappa shape index (κ2) is 5.19. The van der Waals surface area contributed by atoms with Crippen LogP contribution in [0.1, 0.15) is 0 Å². The number of ether oxygens (including phenoxy) is 1. The van der Waals surface area contributed by atoms with E-state index in [1.165, 1.54) is 24.3 Å². The fraction of sp³-hybridized carbons (Fsp3) is 0. The van der Waals surface area contributed by atoms with E-state index in [9.17, 15) is 14.5 Å². The quantitative estimate of drug-likeness (QED) is 0.690. The van der Waals surface area contributed by atoms with Gasteiger partial charge in [0.15, 0.2) is 11.6 Å². The summed E-state index contributed by atoms with van der Waals surface area (Å²) in [5, 5.41) is 10.8. The fourth-order valence-electron chi connectivity index (χ4n) is 1.32. The number of anilines is 1. The van der Waals surface area contributed by atoms with Crippen LogP contribution in [0.15, 0.2) is 34.8 Å². The average Bonchev–Trinajstić information content (AvgIpc) is 2.32. The van der Waals surface area contributed by atoms with E-state index < -0.39 is 16.4 Å². The zero-order valence-electron chi connectivity index (χ0n) is 9.34. The lowest BCUT2D eigenvalue weighted by atomic mass is 10.3. The van der Waals surface area contributed by atoms with Gasteiger partial charge in [0.25, 0.3) is 0 Å². The maximum atomic E-state index is 13.6. The minimum absolute atomic E-state index is 0.0399. The van der Waals surface area contributed by atoms with Crippen molar-refractivity contribution in [3.63, 3.8) is 0 Å². The summed E-state index contributed by atoms with van der Waals surface area (Å²) in [6, 6.07) is 6.45. The van der Waals surface area contributed by atoms with Crippen molar-refractivity contribution in [2.75, 3.05) is 5.73 Å². The third-order valence-electron chi connectivity index (χ3n) is 2.16. The van der Waals surface area contributed by atoms with Gasteiger partial charge in [-0.25, -0.2) is 4.39 Å². The van der Waals surface area contributed by atoms with Crippen LogP contribution in [0.4, 0.5) is 15.9 Å². The lowest BCUT2D eigenvalue weighted by Gasteiger charge is -2.07. The van der Waals surface area contributed by atoms with Crippen molar-refractivity contribution in [2.24, 2.45) is 0 Å². The molecule has 0 aliphatic carbocycles. The van der Waals surface area contributed by atoms with Gasteiger partial charge in [0.05, 0.1) is 4.92 Å². The predicted octanol–water partition coefficient (Wildman–Crippen LogP) is 3.27. The summed E-state index contributed by atoms with van der Waals surface area (Å²) in [6.45, 7) is 0. The van der Waals surface area contributed by atoms with Crippen molar-refractivity contribution in [3.8, 4) is 11.6 Å². The van der Waals surface area contributed by atoms with Crippen LogP contribution >= 0.6 is 15.9 Å². The van der Waals surface area contributed by atoms with E-state index in [1.54, 1.807) is 0 Å². The first-order valence-corrected chi connectivity index (χ1v) is 5.80. The summed E-state index contributed by atoms with van der Waals surface area (Å²) in [7, 11) is 0. The minimum Gasteiger partial charge on any atom is -0.430 e. The van der Waals surface area contributed by atoms with Crippen molar-refractivity contribution in [1.82, 2.24) is 4.98 Å². The average molecular weight is 328 g/mol. The first-order valence-electron chi connectivity index (χ1n) is 5.01. The van der Waals surface area contributed by atoms with Crippen LogP contribution in [-0.4, -0.2) is 9.91 Å². The second-order valence-electron chi connectivity index (χ2n) is 3.49. The molecule has 0 fully saturated rings. The normalized spacial score (nSPS) is 10.2. The van der Waals surface area contributed by atoms with E-state index in [-0.39, 0.29) is 17.4 Å². The number of nitrogens with zero attached hydrogens (tertiary/aromatic N) is 2. The highest BCUT2D eigenvalue weighted by molar-refractivity contribution is 9.10. The zero-order valence-corrected chi connectivity index (χ0v) is 10.9. The Labute approximate surface area is 115 Å². The molecular formula is C11H7BrFN3O3. The van der Waals surface area contributed by atoms with E-state index in [0.29, 0.717) is 4.47 Å². The Morgan fingerprint density at radius 2 is 2.11 bits per heavy atom. The van der Waals surface area contributed by atoms with Gasteiger partial charge >= 0.3 is 11.6 Å². The Bertz CT molecular complexity index is 651. The summed E-state index contributed by atoms with van der Waals surface area (Å²) >= 11 is 3.09. The molecule has 0 radical (unpaired) electrons. The number of aromatic nitrogens is 1. The second-order valence-corrected chi connectivity index (χ2v) is 4.41. The van der Waals surface area contributed by atoms with Gasteiger partial charge in [-0.1, -0.05) is 15.9 Å². The summed E-state index contributed by atoms with van der Waals surface area (Å²) < 4.78 is 19.2. The van der Waals surface area contributed by atoms with Crippen molar-refractivity contribution >= 4 is 27.4 Å². The Morgan fingerprint density at radius 3 is 2.74 bits per heavy atom. The Balaban J connectivity index is 2.42. The van der Waals surface area contributed by atoms with Crippen molar-refractivity contribution in [1.29, 1.82) is 0 Å². The fourth-order valence-corrected chi connectivity index (χ4v) is 1.66. The van der Waals surface area contributed by atoms with E-state index in [1.807, 2.05) is 0 Å². The Hall–Kier alpha value is -2.22. The molecule has 6 nitrogen and oxygen atoms in total. The molecule has 1 aromatic carbocycles. The van der Waals surface area contributed by atoms with Gasteiger partial charge in [0, 0.05) is 10.5 Å². The molecule has 1 aromatic heterocycles. The number of nitrogens with two attached hydrogens (primary N) is 1. The molecule has 0 aliphatic heterocycles. The topological polar surface area (TPSA) is 91.3 Å². The number of nitrogen functional groups attached to an aromatic ring is 1. The number of nitro groups is 1. The molecule has 0 amide bonds.